The molecule has 1 aromatic carbocycles. The Morgan fingerprint density at radius 1 is 1.19 bits per heavy atom. The number of nitrogens with zero attached hydrogens (tertiary/aromatic N) is 2. The Labute approximate surface area is 126 Å². The van der Waals surface area contributed by atoms with Crippen molar-refractivity contribution in [1.29, 1.82) is 0 Å². The second-order valence-electron chi connectivity index (χ2n) is 4.69. The third-order valence-corrected chi connectivity index (χ3v) is 3.52. The Balaban J connectivity index is 1.69. The minimum atomic E-state index is -0.440. The number of benzene rings is 1. The van der Waals surface area contributed by atoms with Crippen LogP contribution in [0, 0.1) is 5.82 Å². The summed E-state index contributed by atoms with van der Waals surface area (Å²) in [6, 6.07) is 10.1. The van der Waals surface area contributed by atoms with Crippen molar-refractivity contribution >= 4 is 28.2 Å². The number of nitrogens with one attached hydrogen (secondary N) is 1. The van der Waals surface area contributed by atoms with E-state index in [-0.39, 0.29) is 5.02 Å². The third-order valence-electron chi connectivity index (χ3n) is 3.24. The molecule has 0 amide bonds. The van der Waals surface area contributed by atoms with Gasteiger partial charge in [0.1, 0.15) is 0 Å². The molecule has 106 valence electrons. The lowest BCUT2D eigenvalue weighted by Crippen LogP contribution is -2.07. The van der Waals surface area contributed by atoms with Crippen molar-refractivity contribution in [3.63, 3.8) is 0 Å². The first kappa shape index (κ1) is 13.8. The average Bonchev–Trinajstić information content (AvgIpc) is 2.50. The second-order valence-corrected chi connectivity index (χ2v) is 5.09. The summed E-state index contributed by atoms with van der Waals surface area (Å²) in [6.07, 6.45) is 5.12. The molecule has 0 unspecified atom stereocenters. The zero-order valence-corrected chi connectivity index (χ0v) is 11.9. The van der Waals surface area contributed by atoms with Crippen molar-refractivity contribution in [2.75, 3.05) is 11.9 Å². The van der Waals surface area contributed by atoms with E-state index >= 15 is 0 Å². The molecule has 0 radical (unpaired) electrons. The summed E-state index contributed by atoms with van der Waals surface area (Å²) in [4.78, 5) is 7.97. The summed E-state index contributed by atoms with van der Waals surface area (Å²) < 4.78 is 13.6. The number of aromatic nitrogens is 2. The van der Waals surface area contributed by atoms with Gasteiger partial charge in [-0.25, -0.2) is 4.39 Å². The number of anilines is 1. The van der Waals surface area contributed by atoms with Crippen LogP contribution in [-0.2, 0) is 6.42 Å². The highest BCUT2D eigenvalue weighted by atomic mass is 35.5. The molecular weight excluding hydrogens is 289 g/mol. The highest BCUT2D eigenvalue weighted by molar-refractivity contribution is 6.33. The highest BCUT2D eigenvalue weighted by Crippen LogP contribution is 2.23. The molecule has 2 heterocycles. The van der Waals surface area contributed by atoms with Crippen molar-refractivity contribution in [1.82, 2.24) is 9.97 Å². The van der Waals surface area contributed by atoms with Crippen LogP contribution in [-0.4, -0.2) is 16.5 Å². The van der Waals surface area contributed by atoms with E-state index in [1.807, 2.05) is 24.3 Å². The lowest BCUT2D eigenvalue weighted by molar-refractivity contribution is 0.624. The summed E-state index contributed by atoms with van der Waals surface area (Å²) >= 11 is 5.92. The fourth-order valence-electron chi connectivity index (χ4n) is 2.19. The SMILES string of the molecule is Fc1cncc(Cl)c1NCCc1ccc2ncccc2c1. The topological polar surface area (TPSA) is 37.8 Å². The number of rotatable bonds is 4. The van der Waals surface area contributed by atoms with E-state index in [1.54, 1.807) is 6.20 Å². The maximum atomic E-state index is 13.6. The number of halogens is 2. The van der Waals surface area contributed by atoms with Gasteiger partial charge in [-0.3, -0.25) is 9.97 Å². The van der Waals surface area contributed by atoms with E-state index < -0.39 is 5.82 Å². The van der Waals surface area contributed by atoms with Crippen LogP contribution in [0.1, 0.15) is 5.56 Å². The van der Waals surface area contributed by atoms with Crippen LogP contribution in [0.3, 0.4) is 0 Å². The normalized spacial score (nSPS) is 10.8. The van der Waals surface area contributed by atoms with E-state index in [2.05, 4.69) is 21.4 Å². The van der Waals surface area contributed by atoms with Gasteiger partial charge in [0.2, 0.25) is 0 Å². The molecule has 21 heavy (non-hydrogen) atoms. The number of hydrogen-bond acceptors (Lipinski definition) is 3. The Bertz CT molecular complexity index is 756. The van der Waals surface area contributed by atoms with Gasteiger partial charge in [0.25, 0.3) is 0 Å². The number of hydrogen-bond donors (Lipinski definition) is 1. The first-order valence-electron chi connectivity index (χ1n) is 6.60. The zero-order chi connectivity index (χ0) is 14.7. The van der Waals surface area contributed by atoms with Gasteiger partial charge in [-0.15, -0.1) is 0 Å². The van der Waals surface area contributed by atoms with Gasteiger partial charge < -0.3 is 5.32 Å². The molecule has 3 rings (SSSR count). The minimum Gasteiger partial charge on any atom is -0.381 e. The Kier molecular flexibility index (Phi) is 3.97. The van der Waals surface area contributed by atoms with E-state index in [0.717, 1.165) is 29.1 Å². The van der Waals surface area contributed by atoms with Gasteiger partial charge >= 0.3 is 0 Å². The maximum Gasteiger partial charge on any atom is 0.166 e. The van der Waals surface area contributed by atoms with Gasteiger partial charge in [0.15, 0.2) is 5.82 Å². The molecule has 0 aliphatic carbocycles. The molecule has 5 heteroatoms. The summed E-state index contributed by atoms with van der Waals surface area (Å²) in [5.74, 6) is -0.440. The molecule has 1 N–H and O–H groups in total. The van der Waals surface area contributed by atoms with Crippen molar-refractivity contribution in [2.24, 2.45) is 0 Å². The Hall–Kier alpha value is -2.20. The lowest BCUT2D eigenvalue weighted by atomic mass is 10.1. The predicted molar refractivity (Wildman–Crippen MR) is 83.1 cm³/mol. The van der Waals surface area contributed by atoms with Gasteiger partial charge in [-0.05, 0) is 30.2 Å². The van der Waals surface area contributed by atoms with Crippen LogP contribution in [0.15, 0.2) is 48.9 Å². The van der Waals surface area contributed by atoms with Crippen LogP contribution in [0.25, 0.3) is 10.9 Å². The molecule has 0 spiro atoms. The lowest BCUT2D eigenvalue weighted by Gasteiger charge is -2.09. The van der Waals surface area contributed by atoms with E-state index in [0.29, 0.717) is 12.2 Å². The molecule has 3 nitrogen and oxygen atoms in total. The van der Waals surface area contributed by atoms with E-state index in [1.165, 1.54) is 6.20 Å². The van der Waals surface area contributed by atoms with Crippen LogP contribution in [0.4, 0.5) is 10.1 Å². The molecule has 0 saturated carbocycles. The molecule has 0 saturated heterocycles. The number of pyridine rings is 2. The van der Waals surface area contributed by atoms with E-state index in [9.17, 15) is 4.39 Å². The van der Waals surface area contributed by atoms with Gasteiger partial charge in [0, 0.05) is 24.3 Å². The average molecular weight is 302 g/mol. The van der Waals surface area contributed by atoms with Gasteiger partial charge in [0.05, 0.1) is 22.4 Å². The molecule has 3 aromatic rings. The van der Waals surface area contributed by atoms with Crippen LogP contribution >= 0.6 is 11.6 Å². The van der Waals surface area contributed by atoms with Crippen molar-refractivity contribution in [3.05, 3.63) is 65.3 Å². The molecule has 0 fully saturated rings. The van der Waals surface area contributed by atoms with Crippen LogP contribution < -0.4 is 5.32 Å². The Morgan fingerprint density at radius 2 is 2.10 bits per heavy atom. The highest BCUT2D eigenvalue weighted by Gasteiger charge is 2.06. The van der Waals surface area contributed by atoms with Gasteiger partial charge in [-0.2, -0.15) is 0 Å². The molecule has 2 aromatic heterocycles. The van der Waals surface area contributed by atoms with Crippen molar-refractivity contribution in [3.8, 4) is 0 Å². The summed E-state index contributed by atoms with van der Waals surface area (Å²) in [5.41, 5.74) is 2.43. The third kappa shape index (κ3) is 3.11. The fraction of sp³-hybridized carbons (Fsp3) is 0.125. The van der Waals surface area contributed by atoms with Crippen LogP contribution in [0.5, 0.6) is 0 Å². The van der Waals surface area contributed by atoms with Crippen molar-refractivity contribution in [2.45, 2.75) is 6.42 Å². The summed E-state index contributed by atoms with van der Waals surface area (Å²) in [7, 11) is 0. The second kappa shape index (κ2) is 6.06. The standard InChI is InChI=1S/C16H13ClFN3/c17-13-9-19-10-14(18)16(13)21-7-5-11-3-4-15-12(8-11)2-1-6-20-15/h1-4,6,8-10H,5,7H2,(H,19,21). The molecule has 0 bridgehead atoms. The predicted octanol–water partition coefficient (Wildman–Crippen LogP) is 4.08. The Morgan fingerprint density at radius 3 is 2.95 bits per heavy atom. The zero-order valence-electron chi connectivity index (χ0n) is 11.2. The minimum absolute atomic E-state index is 0.290. The largest absolute Gasteiger partial charge is 0.381 e. The van der Waals surface area contributed by atoms with Crippen molar-refractivity contribution < 1.29 is 4.39 Å². The molecular formula is C16H13ClFN3. The first-order valence-corrected chi connectivity index (χ1v) is 6.98. The summed E-state index contributed by atoms with van der Waals surface area (Å²) in [5, 5.41) is 4.40. The molecule has 0 aliphatic heterocycles. The maximum absolute atomic E-state index is 13.6. The smallest absolute Gasteiger partial charge is 0.166 e. The van der Waals surface area contributed by atoms with E-state index in [4.69, 9.17) is 11.6 Å². The fourth-order valence-corrected chi connectivity index (χ4v) is 2.41. The molecule has 0 aliphatic rings. The first-order chi connectivity index (χ1) is 10.2. The van der Waals surface area contributed by atoms with Crippen LogP contribution in [0.2, 0.25) is 5.02 Å². The van der Waals surface area contributed by atoms with Gasteiger partial charge in [-0.1, -0.05) is 23.7 Å². The quantitative estimate of drug-likeness (QED) is 0.789. The monoisotopic (exact) mass is 301 g/mol. The summed E-state index contributed by atoms with van der Waals surface area (Å²) in [6.45, 7) is 0.590. The molecule has 0 atom stereocenters. The number of fused-ring (bicyclic) bond motifs is 1.